The molecule has 1 aromatic carbocycles. The van der Waals surface area contributed by atoms with Gasteiger partial charge < -0.3 is 15.3 Å². The number of phenols is 1. The summed E-state index contributed by atoms with van der Waals surface area (Å²) in [5, 5.41) is 21.4. The third kappa shape index (κ3) is 3.51. The van der Waals surface area contributed by atoms with Gasteiger partial charge >= 0.3 is 0 Å². The van der Waals surface area contributed by atoms with E-state index in [0.717, 1.165) is 30.6 Å². The Morgan fingerprint density at radius 2 is 2.14 bits per heavy atom. The summed E-state index contributed by atoms with van der Waals surface area (Å²) in [6.45, 7) is 4.07. The molecule has 1 aliphatic rings. The number of aromatic nitrogens is 3. The number of likely N-dealkylation sites (tertiary alicyclic amines) is 1. The Balaban J connectivity index is 1.72. The summed E-state index contributed by atoms with van der Waals surface area (Å²) >= 11 is 0. The zero-order chi connectivity index (χ0) is 15.5. The fraction of sp³-hybridized carbons (Fsp3) is 0.438. The van der Waals surface area contributed by atoms with Crippen LogP contribution in [-0.4, -0.2) is 51.4 Å². The van der Waals surface area contributed by atoms with Gasteiger partial charge in [-0.2, -0.15) is 0 Å². The van der Waals surface area contributed by atoms with E-state index in [1.54, 1.807) is 18.3 Å². The number of piperidine rings is 1. The molecule has 2 heterocycles. The summed E-state index contributed by atoms with van der Waals surface area (Å²) in [4.78, 5) is 6.65. The summed E-state index contributed by atoms with van der Waals surface area (Å²) in [6.07, 6.45) is 4.00. The molecule has 22 heavy (non-hydrogen) atoms. The molecule has 1 aromatic heterocycles. The fourth-order valence-electron chi connectivity index (χ4n) is 2.85. The molecule has 1 aliphatic heterocycles. The lowest BCUT2D eigenvalue weighted by Crippen LogP contribution is -2.40. The Bertz CT molecular complexity index is 623. The Kier molecular flexibility index (Phi) is 4.20. The number of anilines is 1. The molecule has 0 amide bonds. The molecule has 6 heteroatoms. The molecule has 2 aromatic rings. The second kappa shape index (κ2) is 6.27. The van der Waals surface area contributed by atoms with Gasteiger partial charge in [0.05, 0.1) is 6.20 Å². The van der Waals surface area contributed by atoms with E-state index in [-0.39, 0.29) is 5.75 Å². The molecular formula is C16H21N5O. The highest BCUT2D eigenvalue weighted by atomic mass is 16.3. The van der Waals surface area contributed by atoms with Crippen LogP contribution in [0, 0.1) is 6.92 Å². The number of hydrogen-bond donors (Lipinski definition) is 2. The minimum absolute atomic E-state index is 0.226. The molecule has 0 aliphatic carbocycles. The first kappa shape index (κ1) is 14.7. The smallest absolute Gasteiger partial charge is 0.242 e. The van der Waals surface area contributed by atoms with Crippen molar-refractivity contribution in [3.63, 3.8) is 0 Å². The monoisotopic (exact) mass is 299 g/mol. The Morgan fingerprint density at radius 1 is 1.27 bits per heavy atom. The highest BCUT2D eigenvalue weighted by Crippen LogP contribution is 2.23. The fourth-order valence-corrected chi connectivity index (χ4v) is 2.85. The summed E-state index contributed by atoms with van der Waals surface area (Å²) in [7, 11) is 2.13. The van der Waals surface area contributed by atoms with Crippen molar-refractivity contribution in [2.24, 2.45) is 0 Å². The van der Waals surface area contributed by atoms with Crippen molar-refractivity contribution in [3.8, 4) is 17.0 Å². The van der Waals surface area contributed by atoms with Crippen LogP contribution in [-0.2, 0) is 0 Å². The third-order valence-corrected chi connectivity index (χ3v) is 3.88. The summed E-state index contributed by atoms with van der Waals surface area (Å²) in [5.74, 6) is 0.783. The zero-order valence-electron chi connectivity index (χ0n) is 13.0. The van der Waals surface area contributed by atoms with Crippen LogP contribution < -0.4 is 5.32 Å². The quantitative estimate of drug-likeness (QED) is 0.903. The molecule has 1 unspecified atom stereocenters. The van der Waals surface area contributed by atoms with Crippen molar-refractivity contribution in [1.29, 1.82) is 0 Å². The molecule has 6 nitrogen and oxygen atoms in total. The van der Waals surface area contributed by atoms with Crippen LogP contribution in [0.3, 0.4) is 0 Å². The number of nitrogens with one attached hydrogen (secondary N) is 1. The largest absolute Gasteiger partial charge is 0.508 e. The van der Waals surface area contributed by atoms with Crippen molar-refractivity contribution in [3.05, 3.63) is 30.0 Å². The van der Waals surface area contributed by atoms with Crippen LogP contribution in [0.2, 0.25) is 0 Å². The molecule has 2 N–H and O–H groups in total. The molecule has 0 spiro atoms. The van der Waals surface area contributed by atoms with Gasteiger partial charge in [-0.3, -0.25) is 0 Å². The van der Waals surface area contributed by atoms with Crippen molar-refractivity contribution in [1.82, 2.24) is 20.1 Å². The van der Waals surface area contributed by atoms with Gasteiger partial charge in [0.2, 0.25) is 5.95 Å². The average molecular weight is 299 g/mol. The molecule has 0 radical (unpaired) electrons. The lowest BCUT2D eigenvalue weighted by molar-refractivity contribution is 0.260. The molecule has 3 rings (SSSR count). The minimum Gasteiger partial charge on any atom is -0.508 e. The Morgan fingerprint density at radius 3 is 2.82 bits per heavy atom. The predicted octanol–water partition coefficient (Wildman–Crippen LogP) is 2.06. The maximum Gasteiger partial charge on any atom is 0.242 e. The summed E-state index contributed by atoms with van der Waals surface area (Å²) in [6, 6.07) is 5.70. The van der Waals surface area contributed by atoms with Crippen LogP contribution >= 0.6 is 0 Å². The number of hydrogen-bond acceptors (Lipinski definition) is 6. The second-order valence-corrected chi connectivity index (χ2v) is 5.97. The number of nitrogens with zero attached hydrogens (tertiary/aromatic N) is 4. The van der Waals surface area contributed by atoms with Crippen LogP contribution in [0.15, 0.2) is 24.4 Å². The van der Waals surface area contributed by atoms with Crippen LogP contribution in [0.25, 0.3) is 11.3 Å². The summed E-state index contributed by atoms with van der Waals surface area (Å²) < 4.78 is 0. The van der Waals surface area contributed by atoms with Crippen molar-refractivity contribution in [2.75, 3.05) is 25.5 Å². The van der Waals surface area contributed by atoms with E-state index >= 15 is 0 Å². The Hall–Kier alpha value is -2.21. The summed E-state index contributed by atoms with van der Waals surface area (Å²) in [5.41, 5.74) is 2.45. The van der Waals surface area contributed by atoms with Gasteiger partial charge in [-0.1, -0.05) is 0 Å². The number of aryl methyl sites for hydroxylation is 1. The second-order valence-electron chi connectivity index (χ2n) is 5.97. The van der Waals surface area contributed by atoms with E-state index in [1.807, 2.05) is 13.0 Å². The first-order chi connectivity index (χ1) is 10.6. The first-order valence-electron chi connectivity index (χ1n) is 7.56. The van der Waals surface area contributed by atoms with Crippen LogP contribution in [0.4, 0.5) is 5.95 Å². The van der Waals surface area contributed by atoms with Gasteiger partial charge in [0.1, 0.15) is 11.4 Å². The van der Waals surface area contributed by atoms with Gasteiger partial charge in [-0.15, -0.1) is 10.2 Å². The molecule has 1 saturated heterocycles. The minimum atomic E-state index is 0.226. The third-order valence-electron chi connectivity index (χ3n) is 3.88. The maximum atomic E-state index is 9.67. The SMILES string of the molecule is Cc1cc(O)cc(-c2cnc(NC3CCCN(C)C3)nn2)c1. The predicted molar refractivity (Wildman–Crippen MR) is 85.8 cm³/mol. The van der Waals surface area contributed by atoms with E-state index in [2.05, 4.69) is 32.4 Å². The van der Waals surface area contributed by atoms with Crippen LogP contribution in [0.5, 0.6) is 5.75 Å². The molecule has 0 saturated carbocycles. The Labute approximate surface area is 130 Å². The molecule has 1 fully saturated rings. The van der Waals surface area contributed by atoms with Gasteiger partial charge in [0.25, 0.3) is 0 Å². The number of benzene rings is 1. The standard InChI is InChI=1S/C16H21N5O/c1-11-6-12(8-14(22)7-11)15-9-17-16(20-19-15)18-13-4-3-5-21(2)10-13/h6-9,13,22H,3-5,10H2,1-2H3,(H,17,18,20). The lowest BCUT2D eigenvalue weighted by Gasteiger charge is -2.29. The molecule has 1 atom stereocenters. The van der Waals surface area contributed by atoms with E-state index in [4.69, 9.17) is 0 Å². The van der Waals surface area contributed by atoms with E-state index in [1.165, 1.54) is 6.42 Å². The van der Waals surface area contributed by atoms with Crippen molar-refractivity contribution < 1.29 is 5.11 Å². The number of likely N-dealkylation sites (N-methyl/N-ethyl adjacent to an activating group) is 1. The van der Waals surface area contributed by atoms with Gasteiger partial charge in [0, 0.05) is 18.2 Å². The zero-order valence-corrected chi connectivity index (χ0v) is 13.0. The number of phenolic OH excluding ortho intramolecular Hbond substituents is 1. The normalized spacial score (nSPS) is 19.1. The van der Waals surface area contributed by atoms with Gasteiger partial charge in [-0.25, -0.2) is 4.98 Å². The van der Waals surface area contributed by atoms with Gasteiger partial charge in [0.15, 0.2) is 0 Å². The number of aromatic hydroxyl groups is 1. The molecule has 116 valence electrons. The maximum absolute atomic E-state index is 9.67. The highest BCUT2D eigenvalue weighted by molar-refractivity contribution is 5.61. The first-order valence-corrected chi connectivity index (χ1v) is 7.56. The molecular weight excluding hydrogens is 278 g/mol. The van der Waals surface area contributed by atoms with Crippen LogP contribution in [0.1, 0.15) is 18.4 Å². The van der Waals surface area contributed by atoms with E-state index in [0.29, 0.717) is 17.7 Å². The van der Waals surface area contributed by atoms with Gasteiger partial charge in [-0.05, 0) is 57.1 Å². The van der Waals surface area contributed by atoms with Crippen molar-refractivity contribution in [2.45, 2.75) is 25.8 Å². The number of rotatable bonds is 3. The van der Waals surface area contributed by atoms with Crippen molar-refractivity contribution >= 4 is 5.95 Å². The van der Waals surface area contributed by atoms with E-state index < -0.39 is 0 Å². The lowest BCUT2D eigenvalue weighted by atomic mass is 10.1. The van der Waals surface area contributed by atoms with E-state index in [9.17, 15) is 5.11 Å². The topological polar surface area (TPSA) is 74.2 Å². The average Bonchev–Trinajstić information content (AvgIpc) is 2.47. The highest BCUT2D eigenvalue weighted by Gasteiger charge is 2.17. The molecule has 0 bridgehead atoms.